The Balaban J connectivity index is 0.000000500. The maximum Gasteiger partial charge on any atom is 0.115 e. The van der Waals surface area contributed by atoms with E-state index in [1.54, 1.807) is 12.1 Å². The zero-order valence-corrected chi connectivity index (χ0v) is 9.96. The SMILES string of the molecule is CC(C)(C)c1ccc(O)cc1.CCC. The summed E-state index contributed by atoms with van der Waals surface area (Å²) in [6, 6.07) is 7.35. The second kappa shape index (κ2) is 5.69. The van der Waals surface area contributed by atoms with Crippen LogP contribution in [0.3, 0.4) is 0 Å². The number of aromatic hydroxyl groups is 1. The molecule has 80 valence electrons. The van der Waals surface area contributed by atoms with Gasteiger partial charge >= 0.3 is 0 Å². The van der Waals surface area contributed by atoms with E-state index in [9.17, 15) is 0 Å². The summed E-state index contributed by atoms with van der Waals surface area (Å²) in [4.78, 5) is 0. The monoisotopic (exact) mass is 194 g/mol. The summed E-state index contributed by atoms with van der Waals surface area (Å²) in [5.74, 6) is 0.331. The Morgan fingerprint density at radius 2 is 1.36 bits per heavy atom. The zero-order chi connectivity index (χ0) is 11.2. The van der Waals surface area contributed by atoms with E-state index in [0.717, 1.165) is 0 Å². The molecule has 0 fully saturated rings. The highest BCUT2D eigenvalue weighted by Crippen LogP contribution is 2.23. The predicted octanol–water partition coefficient (Wildman–Crippen LogP) is 4.11. The van der Waals surface area contributed by atoms with Gasteiger partial charge in [0.2, 0.25) is 0 Å². The average molecular weight is 194 g/mol. The molecule has 0 aliphatic rings. The highest BCUT2D eigenvalue weighted by molar-refractivity contribution is 5.29. The maximum atomic E-state index is 9.02. The highest BCUT2D eigenvalue weighted by Gasteiger charge is 2.12. The smallest absolute Gasteiger partial charge is 0.115 e. The third-order valence-electron chi connectivity index (χ3n) is 1.73. The number of hydrogen-bond donors (Lipinski definition) is 1. The van der Waals surface area contributed by atoms with Crippen molar-refractivity contribution in [3.8, 4) is 5.75 Å². The lowest BCUT2D eigenvalue weighted by atomic mass is 9.87. The van der Waals surface area contributed by atoms with Gasteiger partial charge in [0.25, 0.3) is 0 Å². The molecule has 1 nitrogen and oxygen atoms in total. The van der Waals surface area contributed by atoms with Gasteiger partial charge in [-0.1, -0.05) is 53.2 Å². The van der Waals surface area contributed by atoms with Crippen molar-refractivity contribution in [1.29, 1.82) is 0 Å². The van der Waals surface area contributed by atoms with Crippen molar-refractivity contribution >= 4 is 0 Å². The fourth-order valence-electron chi connectivity index (χ4n) is 0.961. The molecule has 0 aliphatic heterocycles. The topological polar surface area (TPSA) is 20.2 Å². The molecular weight excluding hydrogens is 172 g/mol. The van der Waals surface area contributed by atoms with Gasteiger partial charge in [0, 0.05) is 0 Å². The summed E-state index contributed by atoms with van der Waals surface area (Å²) in [6.07, 6.45) is 1.25. The lowest BCUT2D eigenvalue weighted by Gasteiger charge is -2.18. The van der Waals surface area contributed by atoms with E-state index in [1.165, 1.54) is 12.0 Å². The Morgan fingerprint density at radius 3 is 1.64 bits per heavy atom. The maximum absolute atomic E-state index is 9.02. The second-order valence-corrected chi connectivity index (χ2v) is 4.50. The normalized spacial score (nSPS) is 10.4. The molecule has 0 aliphatic carbocycles. The Hall–Kier alpha value is -0.980. The van der Waals surface area contributed by atoms with E-state index < -0.39 is 0 Å². The van der Waals surface area contributed by atoms with Gasteiger partial charge in [0.15, 0.2) is 0 Å². The number of phenolic OH excluding ortho intramolecular Hbond substituents is 1. The number of benzene rings is 1. The summed E-state index contributed by atoms with van der Waals surface area (Å²) in [5.41, 5.74) is 1.42. The summed E-state index contributed by atoms with van der Waals surface area (Å²) in [5, 5.41) is 9.02. The Morgan fingerprint density at radius 1 is 1.00 bits per heavy atom. The van der Waals surface area contributed by atoms with Crippen LogP contribution in [0.25, 0.3) is 0 Å². The molecule has 0 aromatic heterocycles. The first-order chi connectivity index (χ1) is 6.41. The van der Waals surface area contributed by atoms with Crippen LogP contribution < -0.4 is 0 Å². The highest BCUT2D eigenvalue weighted by atomic mass is 16.3. The van der Waals surface area contributed by atoms with E-state index >= 15 is 0 Å². The molecule has 0 saturated carbocycles. The molecule has 0 radical (unpaired) electrons. The van der Waals surface area contributed by atoms with E-state index in [2.05, 4.69) is 34.6 Å². The fourth-order valence-corrected chi connectivity index (χ4v) is 0.961. The second-order valence-electron chi connectivity index (χ2n) is 4.50. The van der Waals surface area contributed by atoms with Crippen molar-refractivity contribution in [2.24, 2.45) is 0 Å². The summed E-state index contributed by atoms with van der Waals surface area (Å²) in [7, 11) is 0. The van der Waals surface area contributed by atoms with E-state index in [1.807, 2.05) is 12.1 Å². The molecule has 0 saturated heterocycles. The first kappa shape index (κ1) is 13.0. The molecule has 1 aromatic rings. The van der Waals surface area contributed by atoms with Crippen LogP contribution in [0.1, 0.15) is 46.6 Å². The first-order valence-corrected chi connectivity index (χ1v) is 5.21. The van der Waals surface area contributed by atoms with Crippen molar-refractivity contribution in [2.45, 2.75) is 46.5 Å². The van der Waals surface area contributed by atoms with Crippen molar-refractivity contribution in [3.63, 3.8) is 0 Å². The van der Waals surface area contributed by atoms with Gasteiger partial charge in [-0.2, -0.15) is 0 Å². The van der Waals surface area contributed by atoms with Gasteiger partial charge in [-0.15, -0.1) is 0 Å². The van der Waals surface area contributed by atoms with Gasteiger partial charge in [-0.25, -0.2) is 0 Å². The fraction of sp³-hybridized carbons (Fsp3) is 0.538. The number of rotatable bonds is 0. The summed E-state index contributed by atoms with van der Waals surface area (Å²) < 4.78 is 0. The third kappa shape index (κ3) is 4.90. The predicted molar refractivity (Wildman–Crippen MR) is 62.8 cm³/mol. The summed E-state index contributed by atoms with van der Waals surface area (Å²) in [6.45, 7) is 10.7. The minimum absolute atomic E-state index is 0.174. The van der Waals surface area contributed by atoms with Crippen LogP contribution in [0.4, 0.5) is 0 Å². The lowest BCUT2D eigenvalue weighted by Crippen LogP contribution is -2.10. The van der Waals surface area contributed by atoms with Gasteiger partial charge in [0.1, 0.15) is 5.75 Å². The van der Waals surface area contributed by atoms with Crippen molar-refractivity contribution in [3.05, 3.63) is 29.8 Å². The van der Waals surface area contributed by atoms with Crippen LogP contribution in [0.15, 0.2) is 24.3 Å². The van der Waals surface area contributed by atoms with Crippen LogP contribution in [-0.4, -0.2) is 5.11 Å². The Kier molecular flexibility index (Phi) is 5.29. The molecule has 0 bridgehead atoms. The van der Waals surface area contributed by atoms with Gasteiger partial charge in [-0.3, -0.25) is 0 Å². The average Bonchev–Trinajstić information content (AvgIpc) is 2.04. The van der Waals surface area contributed by atoms with E-state index in [-0.39, 0.29) is 5.41 Å². The zero-order valence-electron chi connectivity index (χ0n) is 9.96. The molecule has 1 rings (SSSR count). The molecule has 1 heteroatoms. The minimum Gasteiger partial charge on any atom is -0.508 e. The lowest BCUT2D eigenvalue weighted by molar-refractivity contribution is 0.474. The van der Waals surface area contributed by atoms with Crippen molar-refractivity contribution in [2.75, 3.05) is 0 Å². The molecule has 0 spiro atoms. The molecular formula is C13H22O. The van der Waals surface area contributed by atoms with Gasteiger partial charge in [-0.05, 0) is 23.1 Å². The quantitative estimate of drug-likeness (QED) is 0.659. The molecule has 0 amide bonds. The van der Waals surface area contributed by atoms with Crippen LogP contribution in [0, 0.1) is 0 Å². The number of phenols is 1. The Bertz CT molecular complexity index is 241. The third-order valence-corrected chi connectivity index (χ3v) is 1.73. The van der Waals surface area contributed by atoms with Crippen LogP contribution >= 0.6 is 0 Å². The van der Waals surface area contributed by atoms with Crippen molar-refractivity contribution in [1.82, 2.24) is 0 Å². The van der Waals surface area contributed by atoms with Gasteiger partial charge in [0.05, 0.1) is 0 Å². The first-order valence-electron chi connectivity index (χ1n) is 5.21. The van der Waals surface area contributed by atoms with E-state index in [0.29, 0.717) is 5.75 Å². The molecule has 0 atom stereocenters. The standard InChI is InChI=1S/C10H14O.C3H8/c1-10(2,3)8-4-6-9(11)7-5-8;1-3-2/h4-7,11H,1-3H3;3H2,1-2H3. The molecule has 0 unspecified atom stereocenters. The van der Waals surface area contributed by atoms with Gasteiger partial charge < -0.3 is 5.11 Å². The van der Waals surface area contributed by atoms with Crippen LogP contribution in [0.5, 0.6) is 5.75 Å². The van der Waals surface area contributed by atoms with E-state index in [4.69, 9.17) is 5.11 Å². The molecule has 0 heterocycles. The Labute approximate surface area is 87.8 Å². The molecule has 1 N–H and O–H groups in total. The molecule has 1 aromatic carbocycles. The molecule has 14 heavy (non-hydrogen) atoms. The van der Waals surface area contributed by atoms with Crippen LogP contribution in [0.2, 0.25) is 0 Å². The van der Waals surface area contributed by atoms with Crippen LogP contribution in [-0.2, 0) is 5.41 Å². The minimum atomic E-state index is 0.174. The number of hydrogen-bond acceptors (Lipinski definition) is 1. The largest absolute Gasteiger partial charge is 0.508 e. The van der Waals surface area contributed by atoms with Crippen molar-refractivity contribution < 1.29 is 5.11 Å². The summed E-state index contributed by atoms with van der Waals surface area (Å²) >= 11 is 0.